The van der Waals surface area contributed by atoms with Crippen molar-refractivity contribution in [2.45, 2.75) is 32.7 Å². The molecule has 1 aliphatic rings. The van der Waals surface area contributed by atoms with Crippen LogP contribution in [-0.2, 0) is 4.79 Å². The molecule has 1 aromatic heterocycles. The Labute approximate surface area is 192 Å². The number of benzene rings is 3. The van der Waals surface area contributed by atoms with E-state index in [-0.39, 0.29) is 17.9 Å². The average molecular weight is 442 g/mol. The summed E-state index contributed by atoms with van der Waals surface area (Å²) in [5.74, 6) is -0.0197. The number of hydrogen-bond acceptors (Lipinski definition) is 4. The molecule has 0 spiro atoms. The quantitative estimate of drug-likeness (QED) is 0.444. The molecule has 1 saturated heterocycles. The molecule has 168 valence electrons. The minimum absolute atomic E-state index is 0.0976. The Morgan fingerprint density at radius 3 is 2.61 bits per heavy atom. The molecule has 33 heavy (non-hydrogen) atoms. The Hall–Kier alpha value is -3.80. The zero-order chi connectivity index (χ0) is 22.9. The first-order chi connectivity index (χ1) is 16.0. The lowest BCUT2D eigenvalue weighted by Gasteiger charge is -2.32. The van der Waals surface area contributed by atoms with Crippen LogP contribution < -0.4 is 15.5 Å². The van der Waals surface area contributed by atoms with E-state index in [2.05, 4.69) is 29.7 Å². The molecule has 0 bridgehead atoms. The molecular formula is C27H27N3O3. The Kier molecular flexibility index (Phi) is 5.50. The van der Waals surface area contributed by atoms with Crippen LogP contribution in [0.15, 0.2) is 65.1 Å². The van der Waals surface area contributed by atoms with Gasteiger partial charge in [-0.2, -0.15) is 0 Å². The van der Waals surface area contributed by atoms with E-state index in [1.54, 1.807) is 6.07 Å². The first-order valence-corrected chi connectivity index (χ1v) is 11.4. The lowest BCUT2D eigenvalue weighted by Crippen LogP contribution is -2.43. The van der Waals surface area contributed by atoms with Crippen LogP contribution >= 0.6 is 0 Å². The van der Waals surface area contributed by atoms with Crippen molar-refractivity contribution in [1.82, 2.24) is 5.32 Å². The predicted molar refractivity (Wildman–Crippen MR) is 132 cm³/mol. The van der Waals surface area contributed by atoms with Crippen LogP contribution in [0.3, 0.4) is 0 Å². The van der Waals surface area contributed by atoms with Crippen molar-refractivity contribution in [3.63, 3.8) is 0 Å². The summed E-state index contributed by atoms with van der Waals surface area (Å²) >= 11 is 0. The summed E-state index contributed by atoms with van der Waals surface area (Å²) in [6.45, 7) is 5.18. The van der Waals surface area contributed by atoms with Gasteiger partial charge >= 0.3 is 0 Å². The van der Waals surface area contributed by atoms with Crippen LogP contribution in [0.1, 0.15) is 35.7 Å². The van der Waals surface area contributed by atoms with E-state index >= 15 is 0 Å². The largest absolute Gasteiger partial charge is 0.456 e. The van der Waals surface area contributed by atoms with Crippen molar-refractivity contribution < 1.29 is 14.0 Å². The molecule has 1 fully saturated rings. The third-order valence-corrected chi connectivity index (χ3v) is 6.18. The summed E-state index contributed by atoms with van der Waals surface area (Å²) < 4.78 is 6.07. The summed E-state index contributed by atoms with van der Waals surface area (Å²) in [6.07, 6.45) is 1.32. The Morgan fingerprint density at radius 1 is 1.06 bits per heavy atom. The molecule has 2 heterocycles. The monoisotopic (exact) mass is 441 g/mol. The molecule has 5 rings (SSSR count). The maximum Gasteiger partial charge on any atom is 0.251 e. The van der Waals surface area contributed by atoms with Gasteiger partial charge in [0.05, 0.1) is 0 Å². The second kappa shape index (κ2) is 8.62. The van der Waals surface area contributed by atoms with Gasteiger partial charge in [0.15, 0.2) is 0 Å². The van der Waals surface area contributed by atoms with Crippen molar-refractivity contribution in [3.8, 4) is 0 Å². The predicted octanol–water partition coefficient (Wildman–Crippen LogP) is 5.25. The molecule has 1 aliphatic heterocycles. The van der Waals surface area contributed by atoms with Gasteiger partial charge in [-0.1, -0.05) is 12.1 Å². The number of nitrogens with one attached hydrogen (secondary N) is 2. The molecule has 6 nitrogen and oxygen atoms in total. The zero-order valence-electron chi connectivity index (χ0n) is 18.9. The van der Waals surface area contributed by atoms with E-state index in [1.807, 2.05) is 54.3 Å². The van der Waals surface area contributed by atoms with E-state index < -0.39 is 0 Å². The molecule has 4 aromatic rings. The van der Waals surface area contributed by atoms with E-state index in [1.165, 1.54) is 5.56 Å². The fourth-order valence-corrected chi connectivity index (χ4v) is 4.54. The van der Waals surface area contributed by atoms with Crippen LogP contribution in [0.2, 0.25) is 0 Å². The number of fused-ring (bicyclic) bond motifs is 3. The van der Waals surface area contributed by atoms with E-state index in [0.29, 0.717) is 36.2 Å². The Balaban J connectivity index is 1.35. The molecule has 1 atom stereocenters. The van der Waals surface area contributed by atoms with Crippen LogP contribution in [0.5, 0.6) is 0 Å². The van der Waals surface area contributed by atoms with Gasteiger partial charge in [-0.3, -0.25) is 9.59 Å². The molecule has 2 amide bonds. The van der Waals surface area contributed by atoms with Gasteiger partial charge in [-0.05, 0) is 68.3 Å². The topological polar surface area (TPSA) is 74.6 Å². The first-order valence-electron chi connectivity index (χ1n) is 11.4. The molecular weight excluding hydrogens is 414 g/mol. The molecule has 3 aromatic carbocycles. The number of hydrogen-bond donors (Lipinski definition) is 2. The molecule has 0 aliphatic carbocycles. The van der Waals surface area contributed by atoms with Gasteiger partial charge in [0.1, 0.15) is 11.2 Å². The van der Waals surface area contributed by atoms with Crippen molar-refractivity contribution >= 4 is 45.1 Å². The fourth-order valence-electron chi connectivity index (χ4n) is 4.54. The molecule has 0 unspecified atom stereocenters. The highest BCUT2D eigenvalue weighted by Gasteiger charge is 2.27. The van der Waals surface area contributed by atoms with Gasteiger partial charge in [-0.15, -0.1) is 0 Å². The zero-order valence-corrected chi connectivity index (χ0v) is 18.9. The second-order valence-electron chi connectivity index (χ2n) is 8.60. The standard InChI is InChI=1S/C27H27N3O3/c1-3-28-27(32)18-7-9-22-23-10-8-21(16-25(23)33-24(22)14-18)30-12-11-20(15-26(30)31)29-19-6-4-5-17(2)13-19/h4-10,13-14,16,20,29H,3,11-12,15H2,1-2H3,(H,28,32)/t20-/m0/s1. The summed E-state index contributed by atoms with van der Waals surface area (Å²) in [4.78, 5) is 27.0. The van der Waals surface area contributed by atoms with Gasteiger partial charge in [-0.25, -0.2) is 0 Å². The van der Waals surface area contributed by atoms with Gasteiger partial charge < -0.3 is 20.0 Å². The van der Waals surface area contributed by atoms with Gasteiger partial charge in [0.2, 0.25) is 5.91 Å². The Morgan fingerprint density at radius 2 is 1.85 bits per heavy atom. The molecule has 0 saturated carbocycles. The van der Waals surface area contributed by atoms with Crippen LogP contribution in [0.4, 0.5) is 11.4 Å². The van der Waals surface area contributed by atoms with E-state index in [9.17, 15) is 9.59 Å². The third-order valence-electron chi connectivity index (χ3n) is 6.18. The van der Waals surface area contributed by atoms with Crippen LogP contribution in [0.25, 0.3) is 21.9 Å². The summed E-state index contributed by atoms with van der Waals surface area (Å²) in [6, 6.07) is 19.7. The Bertz CT molecular complexity index is 1360. The third kappa shape index (κ3) is 4.16. The highest BCUT2D eigenvalue weighted by Crippen LogP contribution is 2.33. The summed E-state index contributed by atoms with van der Waals surface area (Å²) in [5.41, 5.74) is 5.03. The van der Waals surface area contributed by atoms with E-state index in [4.69, 9.17) is 4.42 Å². The highest BCUT2D eigenvalue weighted by atomic mass is 16.3. The number of anilines is 2. The van der Waals surface area contributed by atoms with Crippen LogP contribution in [0, 0.1) is 6.92 Å². The molecule has 6 heteroatoms. The SMILES string of the molecule is CCNC(=O)c1ccc2c(c1)oc1cc(N3CC[C@H](Nc4cccc(C)c4)CC3=O)ccc12. The maximum absolute atomic E-state index is 13.0. The number of carbonyl (C=O) groups is 2. The molecule has 0 radical (unpaired) electrons. The van der Waals surface area contributed by atoms with Crippen molar-refractivity contribution in [3.05, 3.63) is 71.8 Å². The maximum atomic E-state index is 13.0. The first kappa shape index (κ1) is 21.1. The number of carbonyl (C=O) groups excluding carboxylic acids is 2. The van der Waals surface area contributed by atoms with Crippen LogP contribution in [-0.4, -0.2) is 30.9 Å². The molecule has 2 N–H and O–H groups in total. The number of piperidine rings is 1. The highest BCUT2D eigenvalue weighted by molar-refractivity contribution is 6.09. The summed E-state index contributed by atoms with van der Waals surface area (Å²) in [7, 11) is 0. The number of amides is 2. The van der Waals surface area contributed by atoms with Gasteiger partial charge in [0, 0.05) is 59.3 Å². The van der Waals surface area contributed by atoms with Crippen molar-refractivity contribution in [1.29, 1.82) is 0 Å². The minimum atomic E-state index is -0.117. The van der Waals surface area contributed by atoms with E-state index in [0.717, 1.165) is 28.6 Å². The lowest BCUT2D eigenvalue weighted by atomic mass is 10.0. The smallest absolute Gasteiger partial charge is 0.251 e. The number of rotatable bonds is 5. The fraction of sp³-hybridized carbons (Fsp3) is 0.259. The number of aryl methyl sites for hydroxylation is 1. The van der Waals surface area contributed by atoms with Gasteiger partial charge in [0.25, 0.3) is 5.91 Å². The summed E-state index contributed by atoms with van der Waals surface area (Å²) in [5, 5.41) is 8.23. The lowest BCUT2D eigenvalue weighted by molar-refractivity contribution is -0.119. The number of nitrogens with zero attached hydrogens (tertiary/aromatic N) is 1. The van der Waals surface area contributed by atoms with Crippen molar-refractivity contribution in [2.24, 2.45) is 0 Å². The minimum Gasteiger partial charge on any atom is -0.456 e. The average Bonchev–Trinajstić information content (AvgIpc) is 3.16. The number of furan rings is 1. The van der Waals surface area contributed by atoms with Crippen molar-refractivity contribution in [2.75, 3.05) is 23.3 Å². The normalized spacial score (nSPS) is 16.4. The second-order valence-corrected chi connectivity index (χ2v) is 8.60.